The van der Waals surface area contributed by atoms with E-state index in [2.05, 4.69) is 73.7 Å². The second kappa shape index (κ2) is 18.9. The van der Waals surface area contributed by atoms with E-state index in [9.17, 15) is 19.2 Å². The molecule has 17 heteroatoms. The van der Waals surface area contributed by atoms with Gasteiger partial charge in [0.05, 0.1) is 61.3 Å². The van der Waals surface area contributed by atoms with E-state index in [4.69, 9.17) is 28.9 Å². The number of nitrogens with one attached hydrogen (secondary N) is 4. The monoisotopic (exact) mass is 923 g/mol. The average molecular weight is 924 g/mol. The zero-order valence-electron chi connectivity index (χ0n) is 38.7. The number of aromatic nitrogens is 5. The largest absolute Gasteiger partial charge is 0.465 e. The van der Waals surface area contributed by atoms with Crippen LogP contribution in [0.4, 0.5) is 9.59 Å². The first-order chi connectivity index (χ1) is 33.1. The van der Waals surface area contributed by atoms with Crippen LogP contribution in [0.2, 0.25) is 0 Å². The fourth-order valence-corrected chi connectivity index (χ4v) is 10.5. The van der Waals surface area contributed by atoms with Gasteiger partial charge >= 0.3 is 12.2 Å². The highest BCUT2D eigenvalue weighted by molar-refractivity contribution is 5.93. The molecule has 354 valence electrons. The van der Waals surface area contributed by atoms with Gasteiger partial charge in [0.15, 0.2) is 0 Å². The van der Waals surface area contributed by atoms with Gasteiger partial charge in [-0.15, -0.1) is 0 Å². The molecule has 10 rings (SSSR count). The van der Waals surface area contributed by atoms with Crippen LogP contribution in [-0.4, -0.2) is 111 Å². The standard InChI is InChI=1S/C51H57N9O8/c1-29(2)43(56-50(63)65-3)47(61)58-20-8-12-39(58)45-53-28-37(55-45)33-14-16-35-41-25-34-24-32(15-17-38(34)60(41)49(68-42(35)26-33)31-10-6-5-7-11-31)36-27-52-46(54-36)40-13-9-21-59(40)48(62)44(57-51(64)66-4)30-18-22-67-23-19-30/h5-7,10-11,14-17,24-30,39-40,43-44,49H,8-9,12-13,18-23H2,1-4H3,(H,52,54)(H,53,55)(H,56,63)(H,57,64)/t39-,40-,43-,44-,49-/m0/s1. The number of ether oxygens (including phenoxy) is 4. The molecule has 4 aliphatic rings. The van der Waals surface area contributed by atoms with Crippen LogP contribution in [0.3, 0.4) is 0 Å². The van der Waals surface area contributed by atoms with Gasteiger partial charge in [0, 0.05) is 53.9 Å². The fourth-order valence-electron chi connectivity index (χ4n) is 10.5. The lowest BCUT2D eigenvalue weighted by molar-refractivity contribution is -0.137. The third kappa shape index (κ3) is 8.43. The van der Waals surface area contributed by atoms with Crippen molar-refractivity contribution < 1.29 is 38.1 Å². The Labute approximate surface area is 393 Å². The van der Waals surface area contributed by atoms with Crippen LogP contribution in [0.5, 0.6) is 5.75 Å². The van der Waals surface area contributed by atoms with E-state index in [-0.39, 0.29) is 35.7 Å². The molecule has 6 aromatic rings. The Hall–Kier alpha value is -7.14. The number of likely N-dealkylation sites (tertiary alicyclic amines) is 2. The van der Waals surface area contributed by atoms with Gasteiger partial charge in [-0.25, -0.2) is 19.6 Å². The molecule has 5 atom stereocenters. The van der Waals surface area contributed by atoms with Crippen molar-refractivity contribution in [3.8, 4) is 39.5 Å². The summed E-state index contributed by atoms with van der Waals surface area (Å²) in [6.07, 6.45) is 6.42. The number of methoxy groups -OCH3 is 2. The summed E-state index contributed by atoms with van der Waals surface area (Å²) >= 11 is 0. The number of amides is 4. The quantitative estimate of drug-likeness (QED) is 0.0992. The molecule has 4 N–H and O–H groups in total. The fraction of sp³-hybridized carbons (Fsp3) is 0.412. The molecule has 17 nitrogen and oxygen atoms in total. The van der Waals surface area contributed by atoms with Gasteiger partial charge in [0.1, 0.15) is 29.5 Å². The summed E-state index contributed by atoms with van der Waals surface area (Å²) in [5.74, 6) is 1.65. The van der Waals surface area contributed by atoms with Crippen LogP contribution in [0.1, 0.15) is 87.9 Å². The molecule has 4 aliphatic heterocycles. The molecule has 0 radical (unpaired) electrons. The van der Waals surface area contributed by atoms with Crippen LogP contribution in [-0.2, 0) is 23.8 Å². The van der Waals surface area contributed by atoms with Crippen LogP contribution < -0.4 is 15.4 Å². The van der Waals surface area contributed by atoms with Crippen LogP contribution in [0.15, 0.2) is 85.2 Å². The maximum atomic E-state index is 14.2. The third-order valence-corrected chi connectivity index (χ3v) is 14.0. The van der Waals surface area contributed by atoms with Crippen molar-refractivity contribution in [2.75, 3.05) is 40.5 Å². The summed E-state index contributed by atoms with van der Waals surface area (Å²) in [4.78, 5) is 72.9. The van der Waals surface area contributed by atoms with Gasteiger partial charge in [-0.05, 0) is 80.7 Å². The van der Waals surface area contributed by atoms with Crippen molar-refractivity contribution >= 4 is 34.9 Å². The molecule has 3 fully saturated rings. The first-order valence-electron chi connectivity index (χ1n) is 23.6. The number of rotatable bonds is 11. The van der Waals surface area contributed by atoms with Gasteiger partial charge in [-0.2, -0.15) is 0 Å². The van der Waals surface area contributed by atoms with E-state index in [1.165, 1.54) is 14.2 Å². The first-order valence-corrected chi connectivity index (χ1v) is 23.6. The molecule has 4 amide bonds. The summed E-state index contributed by atoms with van der Waals surface area (Å²) < 4.78 is 24.5. The zero-order valence-corrected chi connectivity index (χ0v) is 38.7. The minimum Gasteiger partial charge on any atom is -0.465 e. The van der Waals surface area contributed by atoms with E-state index in [0.29, 0.717) is 50.8 Å². The van der Waals surface area contributed by atoms with E-state index in [0.717, 1.165) is 81.7 Å². The van der Waals surface area contributed by atoms with Crippen LogP contribution >= 0.6 is 0 Å². The smallest absolute Gasteiger partial charge is 0.407 e. The van der Waals surface area contributed by atoms with E-state index < -0.39 is 30.5 Å². The Bertz CT molecular complexity index is 2830. The van der Waals surface area contributed by atoms with Crippen molar-refractivity contribution in [1.29, 1.82) is 0 Å². The summed E-state index contributed by atoms with van der Waals surface area (Å²) in [5.41, 5.74) is 7.43. The second-order valence-electron chi connectivity index (χ2n) is 18.4. The Morgan fingerprint density at radius 3 is 2.00 bits per heavy atom. The minimum absolute atomic E-state index is 0.0502. The number of hydrogen-bond donors (Lipinski definition) is 4. The first kappa shape index (κ1) is 44.7. The highest BCUT2D eigenvalue weighted by Crippen LogP contribution is 2.46. The van der Waals surface area contributed by atoms with Gasteiger partial charge < -0.3 is 53.9 Å². The Morgan fingerprint density at radius 2 is 1.35 bits per heavy atom. The second-order valence-corrected chi connectivity index (χ2v) is 18.4. The van der Waals surface area contributed by atoms with Crippen molar-refractivity contribution in [2.45, 2.75) is 82.8 Å². The SMILES string of the molecule is COC(=O)N[C@H](C(=O)N1CCC[C@H]1c1ncc(-c2ccc3c(c2)O[C@@H](c2ccccc2)n2c-3cc3cc(-c4cnc([C@@H]5CCCN5C(=O)[C@@H](NC(=O)OC)C5CCOCC5)[nH]4)ccc32)[nH]1)C(C)C. The number of imidazole rings is 2. The predicted molar refractivity (Wildman–Crippen MR) is 252 cm³/mol. The number of carbonyl (C=O) groups is 4. The highest BCUT2D eigenvalue weighted by Gasteiger charge is 2.41. The van der Waals surface area contributed by atoms with E-state index in [1.54, 1.807) is 6.20 Å². The molecule has 3 aromatic carbocycles. The molecule has 3 aromatic heterocycles. The number of aromatic amines is 2. The van der Waals surface area contributed by atoms with Crippen molar-refractivity contribution in [3.05, 3.63) is 102 Å². The number of fused-ring (bicyclic) bond motifs is 5. The maximum absolute atomic E-state index is 14.2. The number of alkyl carbamates (subject to hydrolysis) is 2. The maximum Gasteiger partial charge on any atom is 0.407 e. The summed E-state index contributed by atoms with van der Waals surface area (Å²) in [6, 6.07) is 23.0. The number of hydrogen-bond acceptors (Lipinski definition) is 10. The zero-order chi connectivity index (χ0) is 47.1. The van der Waals surface area contributed by atoms with E-state index >= 15 is 0 Å². The normalized spacial score (nSPS) is 20.1. The topological polar surface area (TPSA) is 198 Å². The van der Waals surface area contributed by atoms with Crippen molar-refractivity contribution in [1.82, 2.24) is 44.9 Å². The molecular formula is C51H57N9O8. The molecule has 0 aliphatic carbocycles. The molecule has 0 unspecified atom stereocenters. The Morgan fingerprint density at radius 1 is 0.735 bits per heavy atom. The van der Waals surface area contributed by atoms with Gasteiger partial charge in [-0.1, -0.05) is 56.3 Å². The van der Waals surface area contributed by atoms with E-state index in [1.807, 2.05) is 54.1 Å². The number of nitrogens with zero attached hydrogens (tertiary/aromatic N) is 5. The van der Waals surface area contributed by atoms with Crippen LogP contribution in [0, 0.1) is 11.8 Å². The molecule has 0 spiro atoms. The van der Waals surface area contributed by atoms with Gasteiger partial charge in [0.25, 0.3) is 0 Å². The lowest BCUT2D eigenvalue weighted by Gasteiger charge is -2.34. The molecule has 0 saturated carbocycles. The van der Waals surface area contributed by atoms with Gasteiger partial charge in [0.2, 0.25) is 18.0 Å². The predicted octanol–water partition coefficient (Wildman–Crippen LogP) is 7.89. The minimum atomic E-state index is -0.721. The summed E-state index contributed by atoms with van der Waals surface area (Å²) in [5, 5.41) is 6.58. The number of benzene rings is 3. The van der Waals surface area contributed by atoms with Gasteiger partial charge in [-0.3, -0.25) is 9.59 Å². The van der Waals surface area contributed by atoms with Crippen LogP contribution in [0.25, 0.3) is 44.7 Å². The lowest BCUT2D eigenvalue weighted by Crippen LogP contribution is -2.53. The molecule has 3 saturated heterocycles. The number of H-pyrrole nitrogens is 2. The molecule has 7 heterocycles. The molecule has 68 heavy (non-hydrogen) atoms. The average Bonchev–Trinajstić information content (AvgIpc) is 4.24. The Balaban J connectivity index is 0.926. The molecular weight excluding hydrogens is 867 g/mol. The summed E-state index contributed by atoms with van der Waals surface area (Å²) in [6.45, 7) is 6.03. The summed E-state index contributed by atoms with van der Waals surface area (Å²) in [7, 11) is 2.60. The lowest BCUT2D eigenvalue weighted by atomic mass is 9.90. The molecule has 0 bridgehead atoms. The third-order valence-electron chi connectivity index (χ3n) is 14.0. The Kier molecular flexibility index (Phi) is 12.4. The van der Waals surface area contributed by atoms with Crippen molar-refractivity contribution in [2.24, 2.45) is 11.8 Å². The highest BCUT2D eigenvalue weighted by atomic mass is 16.5. The van der Waals surface area contributed by atoms with Crippen molar-refractivity contribution in [3.63, 3.8) is 0 Å². The number of carbonyl (C=O) groups excluding carboxylic acids is 4.